The molecule has 19 heavy (non-hydrogen) atoms. The van der Waals surface area contributed by atoms with Crippen molar-refractivity contribution in [2.75, 3.05) is 0 Å². The number of nitrogens with two attached hydrogens (primary N) is 1. The topological polar surface area (TPSA) is 80.5 Å². The van der Waals surface area contributed by atoms with Crippen molar-refractivity contribution >= 4 is 33.1 Å². The van der Waals surface area contributed by atoms with Crippen LogP contribution in [-0.2, 0) is 14.8 Å². The average Bonchev–Trinajstić information content (AvgIpc) is 2.55. The first kappa shape index (κ1) is 14.7. The molecule has 7 heteroatoms. The molecule has 5 nitrogen and oxygen atoms in total. The third kappa shape index (κ3) is 1.81. The fraction of sp³-hybridized carbons (Fsp3) is 0.833. The molecule has 0 radical (unpaired) electrons. The Labute approximate surface area is 119 Å². The number of rotatable bonds is 2. The van der Waals surface area contributed by atoms with Gasteiger partial charge in [-0.15, -0.1) is 0 Å². The van der Waals surface area contributed by atoms with Crippen LogP contribution in [0.15, 0.2) is 0 Å². The van der Waals surface area contributed by atoms with Gasteiger partial charge in [0, 0.05) is 0 Å². The monoisotopic (exact) mass is 304 g/mol. The lowest BCUT2D eigenvalue weighted by Gasteiger charge is -2.53. The van der Waals surface area contributed by atoms with Crippen molar-refractivity contribution < 1.29 is 13.2 Å². The van der Waals surface area contributed by atoms with Crippen LogP contribution in [0.25, 0.3) is 0 Å². The summed E-state index contributed by atoms with van der Waals surface area (Å²) >= 11 is 5.11. The first-order chi connectivity index (χ1) is 8.68. The SMILES string of the molecule is CC1(C)C(=O)N(C2(C(N)=S)CCCCCC2)S1(=O)=O. The van der Waals surface area contributed by atoms with E-state index in [1.165, 1.54) is 13.8 Å². The number of hydrogen-bond acceptors (Lipinski definition) is 4. The van der Waals surface area contributed by atoms with Crippen molar-refractivity contribution in [3.05, 3.63) is 0 Å². The highest BCUT2D eigenvalue weighted by atomic mass is 32.2. The zero-order valence-electron chi connectivity index (χ0n) is 11.3. The van der Waals surface area contributed by atoms with Gasteiger partial charge in [-0.05, 0) is 26.7 Å². The van der Waals surface area contributed by atoms with Crippen LogP contribution >= 0.6 is 12.2 Å². The summed E-state index contributed by atoms with van der Waals surface area (Å²) in [7, 11) is -3.65. The Bertz CT molecular complexity index is 517. The van der Waals surface area contributed by atoms with Crippen LogP contribution in [0.4, 0.5) is 0 Å². The summed E-state index contributed by atoms with van der Waals surface area (Å²) in [6.45, 7) is 2.87. The summed E-state index contributed by atoms with van der Waals surface area (Å²) in [6, 6.07) is 0. The Kier molecular flexibility index (Phi) is 3.42. The molecule has 2 N–H and O–H groups in total. The number of hydrogen-bond donors (Lipinski definition) is 1. The van der Waals surface area contributed by atoms with Crippen LogP contribution in [-0.4, -0.2) is 33.9 Å². The Morgan fingerprint density at radius 1 is 1.21 bits per heavy atom. The highest BCUT2D eigenvalue weighted by Crippen LogP contribution is 2.45. The number of carbonyl (C=O) groups excluding carboxylic acids is 1. The molecule has 1 aliphatic heterocycles. The van der Waals surface area contributed by atoms with Gasteiger partial charge in [0.25, 0.3) is 15.9 Å². The third-order valence-electron chi connectivity index (χ3n) is 4.36. The second-order valence-corrected chi connectivity index (χ2v) is 8.67. The van der Waals surface area contributed by atoms with E-state index in [9.17, 15) is 13.2 Å². The van der Waals surface area contributed by atoms with Crippen LogP contribution in [0, 0.1) is 0 Å². The van der Waals surface area contributed by atoms with Gasteiger partial charge in [-0.1, -0.05) is 37.9 Å². The number of carbonyl (C=O) groups is 1. The van der Waals surface area contributed by atoms with E-state index in [1.807, 2.05) is 0 Å². The van der Waals surface area contributed by atoms with Gasteiger partial charge in [-0.25, -0.2) is 12.7 Å². The van der Waals surface area contributed by atoms with E-state index in [4.69, 9.17) is 18.0 Å². The van der Waals surface area contributed by atoms with Crippen molar-refractivity contribution in [3.8, 4) is 0 Å². The predicted molar refractivity (Wildman–Crippen MR) is 77.1 cm³/mol. The van der Waals surface area contributed by atoms with Gasteiger partial charge in [0.1, 0.15) is 10.5 Å². The molecule has 1 aliphatic carbocycles. The van der Waals surface area contributed by atoms with Gasteiger partial charge in [-0.2, -0.15) is 0 Å². The normalized spacial score (nSPS) is 28.3. The molecule has 2 rings (SSSR count). The van der Waals surface area contributed by atoms with Gasteiger partial charge in [0.05, 0.1) is 0 Å². The molecule has 0 bridgehead atoms. The highest BCUT2D eigenvalue weighted by molar-refractivity contribution is 7.94. The lowest BCUT2D eigenvalue weighted by atomic mass is 9.89. The maximum Gasteiger partial charge on any atom is 0.259 e. The molecule has 1 saturated heterocycles. The Morgan fingerprint density at radius 3 is 2.05 bits per heavy atom. The van der Waals surface area contributed by atoms with Gasteiger partial charge >= 0.3 is 0 Å². The summed E-state index contributed by atoms with van der Waals surface area (Å²) < 4.78 is 24.4. The standard InChI is InChI=1S/C12H20N2O3S2/c1-11(2)10(15)14(19(11,16)17)12(9(13)18)7-5-3-4-6-8-12/h3-8H2,1-2H3,(H2,13,18). The zero-order valence-corrected chi connectivity index (χ0v) is 12.9. The van der Waals surface area contributed by atoms with Crippen molar-refractivity contribution in [1.82, 2.24) is 4.31 Å². The predicted octanol–water partition coefficient (Wildman–Crippen LogP) is 1.32. The smallest absolute Gasteiger partial charge is 0.259 e. The van der Waals surface area contributed by atoms with Crippen molar-refractivity contribution in [2.24, 2.45) is 5.73 Å². The minimum absolute atomic E-state index is 0.127. The number of amides is 1. The molecular weight excluding hydrogens is 284 g/mol. The maximum atomic E-state index is 12.4. The first-order valence-corrected chi connectivity index (χ1v) is 8.42. The van der Waals surface area contributed by atoms with Gasteiger partial charge in [-0.3, -0.25) is 4.79 Å². The maximum absolute atomic E-state index is 12.4. The van der Waals surface area contributed by atoms with Crippen molar-refractivity contribution in [1.29, 1.82) is 0 Å². The van der Waals surface area contributed by atoms with E-state index in [2.05, 4.69) is 0 Å². The number of thiocarbonyl (C=S) groups is 1. The largest absolute Gasteiger partial charge is 0.391 e. The summed E-state index contributed by atoms with van der Waals surface area (Å²) in [5.41, 5.74) is 4.85. The second-order valence-electron chi connectivity index (χ2n) is 5.89. The van der Waals surface area contributed by atoms with Gasteiger partial charge in [0.15, 0.2) is 4.75 Å². The molecule has 1 saturated carbocycles. The van der Waals surface area contributed by atoms with Crippen LogP contribution in [0.1, 0.15) is 52.4 Å². The lowest BCUT2D eigenvalue weighted by molar-refractivity contribution is -0.135. The molecule has 0 aromatic carbocycles. The molecule has 2 aliphatic rings. The Morgan fingerprint density at radius 2 is 1.68 bits per heavy atom. The molecule has 0 atom stereocenters. The lowest BCUT2D eigenvalue weighted by Crippen LogP contribution is -2.76. The molecule has 0 unspecified atom stereocenters. The molecule has 0 aromatic rings. The highest BCUT2D eigenvalue weighted by Gasteiger charge is 2.67. The molecule has 2 fully saturated rings. The van der Waals surface area contributed by atoms with Crippen molar-refractivity contribution in [3.63, 3.8) is 0 Å². The average molecular weight is 304 g/mol. The first-order valence-electron chi connectivity index (χ1n) is 6.57. The molecule has 1 heterocycles. The summed E-state index contributed by atoms with van der Waals surface area (Å²) in [6.07, 6.45) is 4.83. The molecule has 0 spiro atoms. The fourth-order valence-corrected chi connectivity index (χ4v) is 5.12. The van der Waals surface area contributed by atoms with Crippen LogP contribution in [0.5, 0.6) is 0 Å². The number of nitrogens with zero attached hydrogens (tertiary/aromatic N) is 1. The van der Waals surface area contributed by atoms with Crippen LogP contribution < -0.4 is 5.73 Å². The summed E-state index contributed by atoms with van der Waals surface area (Å²) in [4.78, 5) is 12.4. The molecule has 108 valence electrons. The van der Waals surface area contributed by atoms with E-state index >= 15 is 0 Å². The zero-order chi connectivity index (χ0) is 14.5. The quantitative estimate of drug-likeness (QED) is 0.614. The summed E-state index contributed by atoms with van der Waals surface area (Å²) in [5.74, 6) is -0.387. The van der Waals surface area contributed by atoms with E-state index in [1.54, 1.807) is 0 Å². The van der Waals surface area contributed by atoms with Gasteiger partial charge < -0.3 is 5.73 Å². The molecular formula is C12H20N2O3S2. The number of sulfonamides is 1. The van der Waals surface area contributed by atoms with Gasteiger partial charge in [0.2, 0.25) is 0 Å². The molecule has 1 amide bonds. The Balaban J connectivity index is 2.47. The third-order valence-corrected chi connectivity index (χ3v) is 7.20. The fourth-order valence-electron chi connectivity index (χ4n) is 2.94. The van der Waals surface area contributed by atoms with E-state index in [0.29, 0.717) is 12.8 Å². The Hall–Kier alpha value is -0.690. The van der Waals surface area contributed by atoms with Crippen molar-refractivity contribution in [2.45, 2.75) is 62.7 Å². The summed E-state index contributed by atoms with van der Waals surface area (Å²) in [5, 5.41) is 0. The molecule has 0 aromatic heterocycles. The van der Waals surface area contributed by atoms with Crippen LogP contribution in [0.3, 0.4) is 0 Å². The van der Waals surface area contributed by atoms with E-state index in [-0.39, 0.29) is 10.9 Å². The van der Waals surface area contributed by atoms with E-state index < -0.39 is 20.3 Å². The van der Waals surface area contributed by atoms with Crippen LogP contribution in [0.2, 0.25) is 0 Å². The van der Waals surface area contributed by atoms with E-state index in [0.717, 1.165) is 30.0 Å². The minimum Gasteiger partial charge on any atom is -0.391 e. The second kappa shape index (κ2) is 4.41. The minimum atomic E-state index is -3.65.